The van der Waals surface area contributed by atoms with Crippen molar-refractivity contribution in [1.82, 2.24) is 9.97 Å². The maximum atomic E-state index is 5.36. The average Bonchev–Trinajstić information content (AvgIpc) is 2.15. The molecular formula is C11H16BrN3O. The first kappa shape index (κ1) is 13.1. The highest BCUT2D eigenvalue weighted by Gasteiger charge is 1.98. The van der Waals surface area contributed by atoms with Crippen LogP contribution in [0.15, 0.2) is 22.8 Å². The Hall–Kier alpha value is -0.940. The van der Waals surface area contributed by atoms with Crippen molar-refractivity contribution in [3.05, 3.63) is 28.6 Å². The van der Waals surface area contributed by atoms with Gasteiger partial charge in [0.05, 0.1) is 13.2 Å². The highest BCUT2D eigenvalue weighted by molar-refractivity contribution is 9.10. The van der Waals surface area contributed by atoms with Crippen LogP contribution in [0, 0.1) is 6.92 Å². The Morgan fingerprint density at radius 2 is 2.31 bits per heavy atom. The van der Waals surface area contributed by atoms with Gasteiger partial charge in [-0.3, -0.25) is 0 Å². The summed E-state index contributed by atoms with van der Waals surface area (Å²) in [6.45, 7) is 9.52. The molecule has 0 aromatic carbocycles. The largest absolute Gasteiger partial charge is 0.375 e. The standard InChI is InChI=1S/C11H16BrN3O/c1-8(2)7-16-5-4-13-11-6-10(12)14-9(3)15-11/h6H,1,4-5,7H2,2-3H3,(H,13,14,15). The van der Waals surface area contributed by atoms with Crippen LogP contribution in [0.2, 0.25) is 0 Å². The molecule has 0 aliphatic rings. The molecule has 0 bridgehead atoms. The van der Waals surface area contributed by atoms with Crippen LogP contribution in [0.4, 0.5) is 5.82 Å². The molecule has 0 saturated heterocycles. The second-order valence-electron chi connectivity index (χ2n) is 3.56. The third kappa shape index (κ3) is 5.23. The fourth-order valence-corrected chi connectivity index (χ4v) is 1.59. The lowest BCUT2D eigenvalue weighted by atomic mass is 10.4. The van der Waals surface area contributed by atoms with Gasteiger partial charge in [-0.05, 0) is 29.8 Å². The van der Waals surface area contributed by atoms with E-state index in [-0.39, 0.29) is 0 Å². The zero-order valence-corrected chi connectivity index (χ0v) is 11.2. The predicted octanol–water partition coefficient (Wildman–Crippen LogP) is 2.55. The van der Waals surface area contributed by atoms with E-state index in [2.05, 4.69) is 37.8 Å². The number of halogens is 1. The normalized spacial score (nSPS) is 10.2. The molecule has 1 heterocycles. The van der Waals surface area contributed by atoms with Crippen molar-refractivity contribution in [2.75, 3.05) is 25.1 Å². The van der Waals surface area contributed by atoms with E-state index in [0.29, 0.717) is 13.2 Å². The van der Waals surface area contributed by atoms with Crippen LogP contribution in [0.3, 0.4) is 0 Å². The van der Waals surface area contributed by atoms with E-state index in [1.54, 1.807) is 0 Å². The quantitative estimate of drug-likeness (QED) is 0.496. The van der Waals surface area contributed by atoms with E-state index in [1.165, 1.54) is 0 Å². The highest BCUT2D eigenvalue weighted by atomic mass is 79.9. The summed E-state index contributed by atoms with van der Waals surface area (Å²) in [5.74, 6) is 1.54. The predicted molar refractivity (Wildman–Crippen MR) is 68.6 cm³/mol. The zero-order valence-electron chi connectivity index (χ0n) is 9.59. The van der Waals surface area contributed by atoms with E-state index in [4.69, 9.17) is 4.74 Å². The molecule has 16 heavy (non-hydrogen) atoms. The minimum absolute atomic E-state index is 0.605. The Balaban J connectivity index is 2.29. The van der Waals surface area contributed by atoms with Crippen molar-refractivity contribution in [3.63, 3.8) is 0 Å². The molecule has 0 atom stereocenters. The van der Waals surface area contributed by atoms with E-state index in [0.717, 1.165) is 28.4 Å². The maximum absolute atomic E-state index is 5.36. The summed E-state index contributed by atoms with van der Waals surface area (Å²) >= 11 is 3.32. The van der Waals surface area contributed by atoms with Crippen LogP contribution in [-0.4, -0.2) is 29.7 Å². The van der Waals surface area contributed by atoms with E-state index in [1.807, 2.05) is 19.9 Å². The van der Waals surface area contributed by atoms with Crippen LogP contribution in [0.1, 0.15) is 12.7 Å². The Kier molecular flexibility index (Phi) is 5.42. The molecule has 0 unspecified atom stereocenters. The van der Waals surface area contributed by atoms with Gasteiger partial charge in [-0.1, -0.05) is 12.2 Å². The van der Waals surface area contributed by atoms with Gasteiger partial charge >= 0.3 is 0 Å². The molecule has 1 aromatic rings. The summed E-state index contributed by atoms with van der Waals surface area (Å²) in [7, 11) is 0. The molecule has 0 aliphatic carbocycles. The highest BCUT2D eigenvalue weighted by Crippen LogP contribution is 2.11. The van der Waals surface area contributed by atoms with Gasteiger partial charge in [0, 0.05) is 12.6 Å². The molecule has 0 spiro atoms. The number of hydrogen-bond donors (Lipinski definition) is 1. The first-order valence-corrected chi connectivity index (χ1v) is 5.84. The van der Waals surface area contributed by atoms with Crippen LogP contribution >= 0.6 is 15.9 Å². The number of ether oxygens (including phenoxy) is 1. The molecule has 4 nitrogen and oxygen atoms in total. The lowest BCUT2D eigenvalue weighted by Crippen LogP contribution is -2.11. The minimum Gasteiger partial charge on any atom is -0.375 e. The number of aromatic nitrogens is 2. The van der Waals surface area contributed by atoms with E-state index >= 15 is 0 Å². The van der Waals surface area contributed by atoms with Crippen molar-refractivity contribution in [2.45, 2.75) is 13.8 Å². The van der Waals surface area contributed by atoms with Gasteiger partial charge in [-0.15, -0.1) is 0 Å². The zero-order chi connectivity index (χ0) is 12.0. The van der Waals surface area contributed by atoms with Gasteiger partial charge < -0.3 is 10.1 Å². The third-order valence-electron chi connectivity index (χ3n) is 1.71. The average molecular weight is 286 g/mol. The fraction of sp³-hybridized carbons (Fsp3) is 0.455. The van der Waals surface area contributed by atoms with Gasteiger partial charge in [0.2, 0.25) is 0 Å². The van der Waals surface area contributed by atoms with Crippen LogP contribution in [-0.2, 0) is 4.74 Å². The van der Waals surface area contributed by atoms with E-state index in [9.17, 15) is 0 Å². The first-order chi connectivity index (χ1) is 7.58. The molecule has 0 saturated carbocycles. The molecule has 1 N–H and O–H groups in total. The van der Waals surface area contributed by atoms with Crippen LogP contribution < -0.4 is 5.32 Å². The van der Waals surface area contributed by atoms with Gasteiger partial charge in [0.15, 0.2) is 0 Å². The van der Waals surface area contributed by atoms with Crippen molar-refractivity contribution in [3.8, 4) is 0 Å². The van der Waals surface area contributed by atoms with Crippen molar-refractivity contribution < 1.29 is 4.74 Å². The number of rotatable bonds is 6. The maximum Gasteiger partial charge on any atom is 0.130 e. The number of nitrogens with zero attached hydrogens (tertiary/aromatic N) is 2. The fourth-order valence-electron chi connectivity index (χ4n) is 1.12. The van der Waals surface area contributed by atoms with Gasteiger partial charge in [-0.25, -0.2) is 9.97 Å². The van der Waals surface area contributed by atoms with Crippen molar-refractivity contribution >= 4 is 21.7 Å². The number of anilines is 1. The third-order valence-corrected chi connectivity index (χ3v) is 2.11. The van der Waals surface area contributed by atoms with Crippen molar-refractivity contribution in [1.29, 1.82) is 0 Å². The summed E-state index contributed by atoms with van der Waals surface area (Å²) in [5, 5.41) is 3.16. The topological polar surface area (TPSA) is 47.0 Å². The first-order valence-electron chi connectivity index (χ1n) is 5.05. The van der Waals surface area contributed by atoms with Crippen LogP contribution in [0.25, 0.3) is 0 Å². The number of aryl methyl sites for hydroxylation is 1. The smallest absolute Gasteiger partial charge is 0.130 e. The molecule has 0 radical (unpaired) electrons. The summed E-state index contributed by atoms with van der Waals surface area (Å²) in [5.41, 5.74) is 1.03. The van der Waals surface area contributed by atoms with Gasteiger partial charge in [0.25, 0.3) is 0 Å². The van der Waals surface area contributed by atoms with Crippen LogP contribution in [0.5, 0.6) is 0 Å². The van der Waals surface area contributed by atoms with Gasteiger partial charge in [-0.2, -0.15) is 0 Å². The second kappa shape index (κ2) is 6.60. The molecule has 0 fully saturated rings. The second-order valence-corrected chi connectivity index (χ2v) is 4.37. The number of nitrogens with one attached hydrogen (secondary N) is 1. The molecule has 1 aromatic heterocycles. The molecule has 5 heteroatoms. The Morgan fingerprint density at radius 3 is 2.94 bits per heavy atom. The Labute approximate surface area is 104 Å². The summed E-state index contributed by atoms with van der Waals surface area (Å²) < 4.78 is 6.14. The monoisotopic (exact) mass is 285 g/mol. The SMILES string of the molecule is C=C(C)COCCNc1cc(Br)nc(C)n1. The van der Waals surface area contributed by atoms with Crippen molar-refractivity contribution in [2.24, 2.45) is 0 Å². The summed E-state index contributed by atoms with van der Waals surface area (Å²) in [6, 6.07) is 1.84. The summed E-state index contributed by atoms with van der Waals surface area (Å²) in [6.07, 6.45) is 0. The van der Waals surface area contributed by atoms with Gasteiger partial charge in [0.1, 0.15) is 16.2 Å². The number of hydrogen-bond acceptors (Lipinski definition) is 4. The Bertz CT molecular complexity index is 348. The van der Waals surface area contributed by atoms with E-state index < -0.39 is 0 Å². The lowest BCUT2D eigenvalue weighted by Gasteiger charge is -2.07. The molecule has 88 valence electrons. The lowest BCUT2D eigenvalue weighted by molar-refractivity contribution is 0.167. The molecule has 0 amide bonds. The Morgan fingerprint density at radius 1 is 1.56 bits per heavy atom. The minimum atomic E-state index is 0.605. The summed E-state index contributed by atoms with van der Waals surface area (Å²) in [4.78, 5) is 8.37. The molecular weight excluding hydrogens is 270 g/mol. The molecule has 1 rings (SSSR count). The molecule has 0 aliphatic heterocycles.